The molecule has 2 aromatic carbocycles. The number of hydrogen-bond donors (Lipinski definition) is 1. The molecule has 0 saturated carbocycles. The van der Waals surface area contributed by atoms with Crippen molar-refractivity contribution in [1.82, 2.24) is 4.98 Å². The standard InChI is InChI=1S/C16H9Cl2NO2/c17-12-6-3-5-10(15(12)18)14-8-11(16(20)21)9-4-1-2-7-13(9)19-14/h1-8H,(H,20,21). The lowest BCUT2D eigenvalue weighted by molar-refractivity contribution is 0.0699. The molecule has 0 saturated heterocycles. The van der Waals surface area contributed by atoms with Crippen molar-refractivity contribution < 1.29 is 9.90 Å². The predicted molar refractivity (Wildman–Crippen MR) is 84.2 cm³/mol. The first kappa shape index (κ1) is 13.9. The van der Waals surface area contributed by atoms with Crippen LogP contribution in [0.2, 0.25) is 10.0 Å². The molecule has 1 aromatic heterocycles. The number of aromatic carboxylic acids is 1. The van der Waals surface area contributed by atoms with Gasteiger partial charge in [-0.15, -0.1) is 0 Å². The number of carbonyl (C=O) groups is 1. The van der Waals surface area contributed by atoms with Crippen molar-refractivity contribution in [2.75, 3.05) is 0 Å². The molecule has 0 unspecified atom stereocenters. The van der Waals surface area contributed by atoms with Crippen molar-refractivity contribution in [2.45, 2.75) is 0 Å². The Kier molecular flexibility index (Phi) is 3.53. The van der Waals surface area contributed by atoms with E-state index < -0.39 is 5.97 Å². The number of carboxylic acids is 1. The highest BCUT2D eigenvalue weighted by Gasteiger charge is 2.15. The molecule has 3 aromatic rings. The topological polar surface area (TPSA) is 50.2 Å². The number of halogens is 2. The summed E-state index contributed by atoms with van der Waals surface area (Å²) in [6, 6.07) is 13.8. The summed E-state index contributed by atoms with van der Waals surface area (Å²) in [5.41, 5.74) is 1.88. The molecule has 3 nitrogen and oxygen atoms in total. The molecule has 1 heterocycles. The SMILES string of the molecule is O=C(O)c1cc(-c2cccc(Cl)c2Cl)nc2ccccc12. The van der Waals surface area contributed by atoms with Crippen LogP contribution in [0, 0.1) is 0 Å². The lowest BCUT2D eigenvalue weighted by Gasteiger charge is -2.09. The zero-order chi connectivity index (χ0) is 15.0. The van der Waals surface area contributed by atoms with Gasteiger partial charge in [-0.2, -0.15) is 0 Å². The van der Waals surface area contributed by atoms with Gasteiger partial charge in [0, 0.05) is 10.9 Å². The van der Waals surface area contributed by atoms with Gasteiger partial charge in [0.25, 0.3) is 0 Å². The summed E-state index contributed by atoms with van der Waals surface area (Å²) < 4.78 is 0. The van der Waals surface area contributed by atoms with Crippen LogP contribution in [-0.2, 0) is 0 Å². The third-order valence-corrected chi connectivity index (χ3v) is 3.99. The second kappa shape index (κ2) is 5.35. The third kappa shape index (κ3) is 2.46. The van der Waals surface area contributed by atoms with Crippen molar-refractivity contribution in [1.29, 1.82) is 0 Å². The van der Waals surface area contributed by atoms with Crippen molar-refractivity contribution in [3.05, 3.63) is 64.1 Å². The lowest BCUT2D eigenvalue weighted by Crippen LogP contribution is -2.00. The highest BCUT2D eigenvalue weighted by molar-refractivity contribution is 6.43. The molecule has 104 valence electrons. The van der Waals surface area contributed by atoms with Crippen LogP contribution in [0.15, 0.2) is 48.5 Å². The fraction of sp³-hybridized carbons (Fsp3) is 0. The molecule has 0 fully saturated rings. The van der Waals surface area contributed by atoms with E-state index in [1.54, 1.807) is 36.4 Å². The minimum Gasteiger partial charge on any atom is -0.478 e. The average Bonchev–Trinajstić information content (AvgIpc) is 2.48. The second-order valence-electron chi connectivity index (χ2n) is 4.48. The Morgan fingerprint density at radius 3 is 2.57 bits per heavy atom. The van der Waals surface area contributed by atoms with Crippen LogP contribution in [0.3, 0.4) is 0 Å². The van der Waals surface area contributed by atoms with Crippen LogP contribution in [0.5, 0.6) is 0 Å². The smallest absolute Gasteiger partial charge is 0.336 e. The number of benzene rings is 2. The summed E-state index contributed by atoms with van der Waals surface area (Å²) >= 11 is 12.2. The Balaban J connectivity index is 2.34. The number of nitrogens with zero attached hydrogens (tertiary/aromatic N) is 1. The van der Waals surface area contributed by atoms with E-state index in [1.807, 2.05) is 6.07 Å². The first-order valence-electron chi connectivity index (χ1n) is 6.15. The number of carboxylic acid groups (broad SMARTS) is 1. The van der Waals surface area contributed by atoms with Crippen molar-refractivity contribution in [3.8, 4) is 11.3 Å². The molecule has 0 radical (unpaired) electrons. The van der Waals surface area contributed by atoms with E-state index in [2.05, 4.69) is 4.98 Å². The van der Waals surface area contributed by atoms with Gasteiger partial charge in [-0.1, -0.05) is 53.5 Å². The fourth-order valence-corrected chi connectivity index (χ4v) is 2.59. The average molecular weight is 318 g/mol. The maximum absolute atomic E-state index is 11.5. The van der Waals surface area contributed by atoms with Crippen molar-refractivity contribution in [2.24, 2.45) is 0 Å². The molecule has 5 heteroatoms. The van der Waals surface area contributed by atoms with Crippen LogP contribution in [-0.4, -0.2) is 16.1 Å². The van der Waals surface area contributed by atoms with Gasteiger partial charge in [0.05, 0.1) is 26.8 Å². The summed E-state index contributed by atoms with van der Waals surface area (Å²) in [4.78, 5) is 15.9. The molecule has 3 rings (SSSR count). The minimum atomic E-state index is -1.01. The van der Waals surface area contributed by atoms with E-state index >= 15 is 0 Å². The van der Waals surface area contributed by atoms with Gasteiger partial charge in [-0.05, 0) is 18.2 Å². The first-order chi connectivity index (χ1) is 10.1. The van der Waals surface area contributed by atoms with Gasteiger partial charge in [-0.25, -0.2) is 9.78 Å². The lowest BCUT2D eigenvalue weighted by atomic mass is 10.0. The number of para-hydroxylation sites is 1. The van der Waals surface area contributed by atoms with Gasteiger partial charge in [0.15, 0.2) is 0 Å². The summed E-state index contributed by atoms with van der Waals surface area (Å²) in [5.74, 6) is -1.01. The molecular weight excluding hydrogens is 309 g/mol. The zero-order valence-corrected chi connectivity index (χ0v) is 12.2. The minimum absolute atomic E-state index is 0.187. The third-order valence-electron chi connectivity index (χ3n) is 3.17. The molecular formula is C16H9Cl2NO2. The van der Waals surface area contributed by atoms with Gasteiger partial charge < -0.3 is 5.11 Å². The zero-order valence-electron chi connectivity index (χ0n) is 10.7. The van der Waals surface area contributed by atoms with E-state index in [1.165, 1.54) is 6.07 Å². The Labute approximate surface area is 130 Å². The van der Waals surface area contributed by atoms with Crippen molar-refractivity contribution >= 4 is 40.1 Å². The van der Waals surface area contributed by atoms with Crippen LogP contribution in [0.25, 0.3) is 22.2 Å². The van der Waals surface area contributed by atoms with E-state index in [4.69, 9.17) is 23.2 Å². The maximum atomic E-state index is 11.5. The van der Waals surface area contributed by atoms with Gasteiger partial charge in [-0.3, -0.25) is 0 Å². The largest absolute Gasteiger partial charge is 0.478 e. The van der Waals surface area contributed by atoms with Gasteiger partial charge in [0.1, 0.15) is 0 Å². The Hall–Kier alpha value is -2.10. The number of hydrogen-bond acceptors (Lipinski definition) is 2. The summed E-state index contributed by atoms with van der Waals surface area (Å²) in [6.45, 7) is 0. The van der Waals surface area contributed by atoms with Crippen LogP contribution >= 0.6 is 23.2 Å². The van der Waals surface area contributed by atoms with Crippen LogP contribution in [0.4, 0.5) is 0 Å². The first-order valence-corrected chi connectivity index (χ1v) is 6.91. The Morgan fingerprint density at radius 2 is 1.81 bits per heavy atom. The molecule has 1 N–H and O–H groups in total. The molecule has 0 spiro atoms. The fourth-order valence-electron chi connectivity index (χ4n) is 2.19. The monoisotopic (exact) mass is 317 g/mol. The number of aromatic nitrogens is 1. The van der Waals surface area contributed by atoms with Crippen LogP contribution in [0.1, 0.15) is 10.4 Å². The van der Waals surface area contributed by atoms with Crippen LogP contribution < -0.4 is 0 Å². The number of rotatable bonds is 2. The molecule has 0 aliphatic heterocycles. The molecule has 0 atom stereocenters. The Morgan fingerprint density at radius 1 is 1.05 bits per heavy atom. The number of pyridine rings is 1. The van der Waals surface area contributed by atoms with E-state index in [9.17, 15) is 9.90 Å². The van der Waals surface area contributed by atoms with E-state index in [0.717, 1.165) is 0 Å². The normalized spacial score (nSPS) is 10.8. The molecule has 0 amide bonds. The highest BCUT2D eigenvalue weighted by Crippen LogP contribution is 2.34. The van der Waals surface area contributed by atoms with Crippen molar-refractivity contribution in [3.63, 3.8) is 0 Å². The number of fused-ring (bicyclic) bond motifs is 1. The summed E-state index contributed by atoms with van der Waals surface area (Å²) in [6.07, 6.45) is 0. The second-order valence-corrected chi connectivity index (χ2v) is 5.26. The van der Waals surface area contributed by atoms with E-state index in [-0.39, 0.29) is 5.56 Å². The van der Waals surface area contributed by atoms with Gasteiger partial charge in [0.2, 0.25) is 0 Å². The molecule has 0 aliphatic rings. The van der Waals surface area contributed by atoms with E-state index in [0.29, 0.717) is 32.2 Å². The predicted octanol–water partition coefficient (Wildman–Crippen LogP) is 4.91. The Bertz CT molecular complexity index is 862. The summed E-state index contributed by atoms with van der Waals surface area (Å²) in [5, 5.41) is 10.7. The molecule has 21 heavy (non-hydrogen) atoms. The summed E-state index contributed by atoms with van der Waals surface area (Å²) in [7, 11) is 0. The maximum Gasteiger partial charge on any atom is 0.336 e. The van der Waals surface area contributed by atoms with Gasteiger partial charge >= 0.3 is 5.97 Å². The molecule has 0 aliphatic carbocycles. The quantitative estimate of drug-likeness (QED) is 0.730. The molecule has 0 bridgehead atoms. The highest BCUT2D eigenvalue weighted by atomic mass is 35.5.